The van der Waals surface area contributed by atoms with E-state index in [1.807, 2.05) is 18.2 Å². The van der Waals surface area contributed by atoms with Crippen molar-refractivity contribution in [1.82, 2.24) is 4.98 Å². The van der Waals surface area contributed by atoms with Crippen molar-refractivity contribution >= 4 is 17.4 Å². The van der Waals surface area contributed by atoms with E-state index in [-0.39, 0.29) is 5.78 Å². The molecule has 1 aromatic heterocycles. The molecule has 3 heteroatoms. The van der Waals surface area contributed by atoms with Gasteiger partial charge in [0.25, 0.3) is 0 Å². The standard InChI is InChI=1S/C13H10ClNO/c14-9-10-5-1-2-6-11(10)13(16)12-7-3-4-8-15-12/h1-8H,9H2. The number of halogens is 1. The second-order valence-corrected chi connectivity index (χ2v) is 3.60. The molecule has 0 atom stereocenters. The average Bonchev–Trinajstić information content (AvgIpc) is 2.39. The van der Waals surface area contributed by atoms with Crippen LogP contribution in [0.15, 0.2) is 48.7 Å². The molecule has 0 saturated carbocycles. The molecule has 16 heavy (non-hydrogen) atoms. The van der Waals surface area contributed by atoms with Gasteiger partial charge in [-0.1, -0.05) is 30.3 Å². The lowest BCUT2D eigenvalue weighted by Gasteiger charge is -2.04. The van der Waals surface area contributed by atoms with Crippen LogP contribution in [0.4, 0.5) is 0 Å². The first-order valence-corrected chi connectivity index (χ1v) is 5.46. The molecule has 80 valence electrons. The van der Waals surface area contributed by atoms with E-state index in [1.54, 1.807) is 30.5 Å². The van der Waals surface area contributed by atoms with Crippen LogP contribution in [0.25, 0.3) is 0 Å². The Bertz CT molecular complexity index is 496. The van der Waals surface area contributed by atoms with E-state index in [9.17, 15) is 4.79 Å². The first-order chi connectivity index (χ1) is 7.83. The second kappa shape index (κ2) is 4.90. The SMILES string of the molecule is O=C(c1ccccn1)c1ccccc1CCl. The zero-order valence-electron chi connectivity index (χ0n) is 8.56. The van der Waals surface area contributed by atoms with E-state index in [1.165, 1.54) is 0 Å². The molecule has 0 aliphatic carbocycles. The monoisotopic (exact) mass is 231 g/mol. The zero-order valence-corrected chi connectivity index (χ0v) is 9.32. The molecule has 1 heterocycles. The number of hydrogen-bond acceptors (Lipinski definition) is 2. The summed E-state index contributed by atoms with van der Waals surface area (Å²) in [6.07, 6.45) is 1.61. The Balaban J connectivity index is 2.42. The van der Waals surface area contributed by atoms with Crippen LogP contribution in [0.3, 0.4) is 0 Å². The molecule has 0 amide bonds. The maximum Gasteiger partial charge on any atom is 0.211 e. The number of hydrogen-bond donors (Lipinski definition) is 0. The number of carbonyl (C=O) groups excluding carboxylic acids is 1. The minimum atomic E-state index is -0.0862. The molecule has 0 bridgehead atoms. The molecule has 2 aromatic rings. The Kier molecular flexibility index (Phi) is 3.32. The molecule has 0 unspecified atom stereocenters. The molecule has 0 radical (unpaired) electrons. The van der Waals surface area contributed by atoms with Crippen LogP contribution in [-0.2, 0) is 5.88 Å². The highest BCUT2D eigenvalue weighted by atomic mass is 35.5. The van der Waals surface area contributed by atoms with Crippen molar-refractivity contribution in [2.24, 2.45) is 0 Å². The second-order valence-electron chi connectivity index (χ2n) is 3.33. The van der Waals surface area contributed by atoms with Gasteiger partial charge in [0.15, 0.2) is 0 Å². The van der Waals surface area contributed by atoms with Crippen LogP contribution in [-0.4, -0.2) is 10.8 Å². The molecule has 2 nitrogen and oxygen atoms in total. The average molecular weight is 232 g/mol. The summed E-state index contributed by atoms with van der Waals surface area (Å²) in [5.41, 5.74) is 1.90. The minimum Gasteiger partial charge on any atom is -0.287 e. The Morgan fingerprint density at radius 3 is 2.56 bits per heavy atom. The van der Waals surface area contributed by atoms with Crippen LogP contribution in [0, 0.1) is 0 Å². The minimum absolute atomic E-state index is 0.0862. The molecule has 0 spiro atoms. The van der Waals surface area contributed by atoms with E-state index < -0.39 is 0 Å². The van der Waals surface area contributed by atoms with Gasteiger partial charge in [-0.25, -0.2) is 0 Å². The van der Waals surface area contributed by atoms with E-state index in [2.05, 4.69) is 4.98 Å². The smallest absolute Gasteiger partial charge is 0.211 e. The molecular weight excluding hydrogens is 222 g/mol. The molecule has 0 saturated heterocycles. The molecule has 0 aliphatic heterocycles. The van der Waals surface area contributed by atoms with Crippen molar-refractivity contribution < 1.29 is 4.79 Å². The van der Waals surface area contributed by atoms with Gasteiger partial charge in [-0.05, 0) is 17.7 Å². The van der Waals surface area contributed by atoms with Gasteiger partial charge in [0, 0.05) is 17.6 Å². The quantitative estimate of drug-likeness (QED) is 0.600. The lowest BCUT2D eigenvalue weighted by molar-refractivity contribution is 0.103. The van der Waals surface area contributed by atoms with Crippen molar-refractivity contribution in [2.45, 2.75) is 5.88 Å². The molecule has 1 aromatic carbocycles. The predicted octanol–water partition coefficient (Wildman–Crippen LogP) is 3.05. The normalized spacial score (nSPS) is 10.1. The molecular formula is C13H10ClNO. The van der Waals surface area contributed by atoms with Gasteiger partial charge in [-0.3, -0.25) is 9.78 Å². The van der Waals surface area contributed by atoms with Crippen LogP contribution >= 0.6 is 11.6 Å². The van der Waals surface area contributed by atoms with Crippen molar-refractivity contribution in [3.05, 3.63) is 65.5 Å². The van der Waals surface area contributed by atoms with E-state index in [0.717, 1.165) is 5.56 Å². The molecule has 0 aliphatic rings. The fourth-order valence-electron chi connectivity index (χ4n) is 1.49. The first-order valence-electron chi connectivity index (χ1n) is 4.92. The highest BCUT2D eigenvalue weighted by molar-refractivity contribution is 6.18. The Morgan fingerprint density at radius 2 is 1.88 bits per heavy atom. The Labute approximate surface area is 98.9 Å². The number of aromatic nitrogens is 1. The number of pyridine rings is 1. The summed E-state index contributed by atoms with van der Waals surface area (Å²) < 4.78 is 0. The van der Waals surface area contributed by atoms with Crippen molar-refractivity contribution in [3.63, 3.8) is 0 Å². The Morgan fingerprint density at radius 1 is 1.12 bits per heavy atom. The number of carbonyl (C=O) groups is 1. The number of alkyl halides is 1. The summed E-state index contributed by atoms with van der Waals surface area (Å²) >= 11 is 5.79. The third-order valence-corrected chi connectivity index (χ3v) is 2.59. The van der Waals surface area contributed by atoms with Gasteiger partial charge >= 0.3 is 0 Å². The number of rotatable bonds is 3. The first kappa shape index (κ1) is 10.8. The predicted molar refractivity (Wildman–Crippen MR) is 63.7 cm³/mol. The van der Waals surface area contributed by atoms with Crippen LogP contribution in [0.5, 0.6) is 0 Å². The summed E-state index contributed by atoms with van der Waals surface area (Å²) in [4.78, 5) is 16.1. The largest absolute Gasteiger partial charge is 0.287 e. The lowest BCUT2D eigenvalue weighted by atomic mass is 10.0. The number of benzene rings is 1. The van der Waals surface area contributed by atoms with Gasteiger partial charge in [-0.15, -0.1) is 11.6 Å². The fourth-order valence-corrected chi connectivity index (χ4v) is 1.73. The van der Waals surface area contributed by atoms with Gasteiger partial charge in [0.05, 0.1) is 0 Å². The molecule has 0 N–H and O–H groups in total. The third kappa shape index (κ3) is 2.12. The lowest BCUT2D eigenvalue weighted by Crippen LogP contribution is -2.06. The highest BCUT2D eigenvalue weighted by Crippen LogP contribution is 2.15. The third-order valence-electron chi connectivity index (χ3n) is 2.30. The Hall–Kier alpha value is -1.67. The summed E-state index contributed by atoms with van der Waals surface area (Å²) in [5, 5.41) is 0. The van der Waals surface area contributed by atoms with Crippen LogP contribution in [0.1, 0.15) is 21.6 Å². The summed E-state index contributed by atoms with van der Waals surface area (Å²) in [5.74, 6) is 0.242. The summed E-state index contributed by atoms with van der Waals surface area (Å²) in [6, 6.07) is 12.6. The van der Waals surface area contributed by atoms with Crippen LogP contribution in [0.2, 0.25) is 0 Å². The zero-order chi connectivity index (χ0) is 11.4. The van der Waals surface area contributed by atoms with E-state index >= 15 is 0 Å². The van der Waals surface area contributed by atoms with Crippen molar-refractivity contribution in [3.8, 4) is 0 Å². The number of nitrogens with zero attached hydrogens (tertiary/aromatic N) is 1. The van der Waals surface area contributed by atoms with Gasteiger partial charge in [0.2, 0.25) is 5.78 Å². The molecule has 0 fully saturated rings. The van der Waals surface area contributed by atoms with Gasteiger partial charge in [-0.2, -0.15) is 0 Å². The van der Waals surface area contributed by atoms with Gasteiger partial charge in [0.1, 0.15) is 5.69 Å². The topological polar surface area (TPSA) is 30.0 Å². The maximum atomic E-state index is 12.1. The fraction of sp³-hybridized carbons (Fsp3) is 0.0769. The van der Waals surface area contributed by atoms with Gasteiger partial charge < -0.3 is 0 Å². The molecule has 2 rings (SSSR count). The van der Waals surface area contributed by atoms with Crippen molar-refractivity contribution in [2.75, 3.05) is 0 Å². The summed E-state index contributed by atoms with van der Waals surface area (Å²) in [6.45, 7) is 0. The highest BCUT2D eigenvalue weighted by Gasteiger charge is 2.12. The van der Waals surface area contributed by atoms with Crippen molar-refractivity contribution in [1.29, 1.82) is 0 Å². The summed E-state index contributed by atoms with van der Waals surface area (Å²) in [7, 11) is 0. The van der Waals surface area contributed by atoms with E-state index in [0.29, 0.717) is 17.1 Å². The maximum absolute atomic E-state index is 12.1. The van der Waals surface area contributed by atoms with Crippen LogP contribution < -0.4 is 0 Å². The number of ketones is 1. The van der Waals surface area contributed by atoms with E-state index in [4.69, 9.17) is 11.6 Å².